The number of hydrogen-bond donors (Lipinski definition) is 2. The molecule has 2 aliphatic rings. The first-order valence-electron chi connectivity index (χ1n) is 7.36. The highest BCUT2D eigenvalue weighted by atomic mass is 32.2. The van der Waals surface area contributed by atoms with Crippen LogP contribution in [0.1, 0.15) is 46.0 Å². The number of carbonyl (C=O) groups excluding carboxylic acids is 1. The monoisotopic (exact) mass is 283 g/mol. The summed E-state index contributed by atoms with van der Waals surface area (Å²) in [6.07, 6.45) is 5.65. The summed E-state index contributed by atoms with van der Waals surface area (Å²) < 4.78 is 0. The normalized spacial score (nSPS) is 32.5. The summed E-state index contributed by atoms with van der Waals surface area (Å²) in [7, 11) is 0. The van der Waals surface area contributed by atoms with Gasteiger partial charge in [0.15, 0.2) is 5.17 Å². The van der Waals surface area contributed by atoms with E-state index >= 15 is 0 Å². The molecule has 0 bridgehead atoms. The third kappa shape index (κ3) is 4.13. The van der Waals surface area contributed by atoms with E-state index in [9.17, 15) is 4.79 Å². The molecule has 0 unspecified atom stereocenters. The molecule has 0 atom stereocenters. The molecular formula is C14H25N3OS. The average Bonchev–Trinajstić information content (AvgIpc) is 2.77. The molecule has 1 spiro atoms. The van der Waals surface area contributed by atoms with Gasteiger partial charge >= 0.3 is 0 Å². The van der Waals surface area contributed by atoms with Gasteiger partial charge in [0.2, 0.25) is 5.91 Å². The van der Waals surface area contributed by atoms with E-state index < -0.39 is 0 Å². The number of carbonyl (C=O) groups is 1. The Labute approximate surface area is 120 Å². The topological polar surface area (TPSA) is 53.5 Å². The van der Waals surface area contributed by atoms with Gasteiger partial charge in [-0.05, 0) is 38.5 Å². The smallest absolute Gasteiger partial charge is 0.221 e. The van der Waals surface area contributed by atoms with Crippen molar-refractivity contribution < 1.29 is 4.79 Å². The van der Waals surface area contributed by atoms with Crippen LogP contribution in [0.2, 0.25) is 0 Å². The van der Waals surface area contributed by atoms with Crippen LogP contribution in [-0.4, -0.2) is 35.5 Å². The summed E-state index contributed by atoms with van der Waals surface area (Å²) in [6, 6.07) is 0. The minimum Gasteiger partial charge on any atom is -0.359 e. The number of nitrogens with one attached hydrogen (secondary N) is 2. The van der Waals surface area contributed by atoms with Crippen molar-refractivity contribution in [2.24, 2.45) is 10.9 Å². The zero-order valence-corrected chi connectivity index (χ0v) is 12.8. The van der Waals surface area contributed by atoms with E-state index in [-0.39, 0.29) is 5.91 Å². The Bertz CT molecular complexity index is 349. The van der Waals surface area contributed by atoms with Crippen LogP contribution < -0.4 is 10.6 Å². The minimum atomic E-state index is 0.0936. The first-order chi connectivity index (χ1) is 9.13. The molecule has 1 saturated heterocycles. The van der Waals surface area contributed by atoms with Gasteiger partial charge in [-0.3, -0.25) is 9.79 Å². The predicted molar refractivity (Wildman–Crippen MR) is 81.6 cm³/mol. The zero-order valence-electron chi connectivity index (χ0n) is 12.0. The summed E-state index contributed by atoms with van der Waals surface area (Å²) >= 11 is 1.82. The Morgan fingerprint density at radius 3 is 2.95 bits per heavy atom. The number of thioether (sulfide) groups is 1. The Morgan fingerprint density at radius 1 is 1.53 bits per heavy atom. The molecular weight excluding hydrogens is 258 g/mol. The Balaban J connectivity index is 1.76. The predicted octanol–water partition coefficient (Wildman–Crippen LogP) is 2.15. The third-order valence-electron chi connectivity index (χ3n) is 4.06. The summed E-state index contributed by atoms with van der Waals surface area (Å²) in [5.74, 6) is 2.10. The van der Waals surface area contributed by atoms with Gasteiger partial charge in [-0.1, -0.05) is 18.7 Å². The summed E-state index contributed by atoms with van der Waals surface area (Å²) in [5.41, 5.74) is 0.293. The Hall–Kier alpha value is -0.710. The molecule has 0 aromatic heterocycles. The molecule has 108 valence electrons. The fourth-order valence-electron chi connectivity index (χ4n) is 2.72. The fourth-order valence-corrected chi connectivity index (χ4v) is 3.96. The maximum absolute atomic E-state index is 11.3. The van der Waals surface area contributed by atoms with E-state index in [1.165, 1.54) is 25.7 Å². The van der Waals surface area contributed by atoms with E-state index in [0.717, 1.165) is 16.8 Å². The SMILES string of the molecule is CCNC(=O)CCN=C1NC2(CCC(C)CC2)CS1. The molecule has 5 heteroatoms. The van der Waals surface area contributed by atoms with E-state index in [2.05, 4.69) is 22.5 Å². The quantitative estimate of drug-likeness (QED) is 0.831. The van der Waals surface area contributed by atoms with Gasteiger partial charge in [-0.25, -0.2) is 0 Å². The van der Waals surface area contributed by atoms with Gasteiger partial charge < -0.3 is 10.6 Å². The lowest BCUT2D eigenvalue weighted by Crippen LogP contribution is -2.46. The fraction of sp³-hybridized carbons (Fsp3) is 0.857. The second kappa shape index (κ2) is 6.64. The van der Waals surface area contributed by atoms with Crippen molar-refractivity contribution in [3.8, 4) is 0 Å². The molecule has 0 aromatic carbocycles. The van der Waals surface area contributed by atoms with Crippen molar-refractivity contribution in [2.45, 2.75) is 51.5 Å². The number of hydrogen-bond acceptors (Lipinski definition) is 3. The lowest BCUT2D eigenvalue weighted by atomic mass is 9.78. The average molecular weight is 283 g/mol. The highest BCUT2D eigenvalue weighted by molar-refractivity contribution is 8.14. The largest absolute Gasteiger partial charge is 0.359 e. The molecule has 0 radical (unpaired) electrons. The van der Waals surface area contributed by atoms with E-state index in [0.29, 0.717) is 25.0 Å². The molecule has 1 aliphatic carbocycles. The molecule has 1 amide bonds. The number of amidine groups is 1. The highest BCUT2D eigenvalue weighted by Gasteiger charge is 2.39. The van der Waals surface area contributed by atoms with Crippen molar-refractivity contribution in [1.82, 2.24) is 10.6 Å². The zero-order chi connectivity index (χ0) is 13.7. The number of amides is 1. The molecule has 2 fully saturated rings. The summed E-state index contributed by atoms with van der Waals surface area (Å²) in [4.78, 5) is 15.9. The van der Waals surface area contributed by atoms with Crippen LogP contribution in [0.15, 0.2) is 4.99 Å². The molecule has 2 rings (SSSR count). The van der Waals surface area contributed by atoms with Crippen molar-refractivity contribution in [1.29, 1.82) is 0 Å². The highest BCUT2D eigenvalue weighted by Crippen LogP contribution is 2.38. The van der Waals surface area contributed by atoms with Crippen LogP contribution in [-0.2, 0) is 4.79 Å². The first-order valence-corrected chi connectivity index (χ1v) is 8.34. The van der Waals surface area contributed by atoms with Gasteiger partial charge in [0.05, 0.1) is 6.54 Å². The summed E-state index contributed by atoms with van der Waals surface area (Å²) in [6.45, 7) is 5.57. The summed E-state index contributed by atoms with van der Waals surface area (Å²) in [5, 5.41) is 7.45. The third-order valence-corrected chi connectivity index (χ3v) is 5.26. The Kier molecular flexibility index (Phi) is 5.13. The van der Waals surface area contributed by atoms with Crippen molar-refractivity contribution in [3.05, 3.63) is 0 Å². The van der Waals surface area contributed by atoms with Gasteiger partial charge in [0, 0.05) is 24.3 Å². The molecule has 19 heavy (non-hydrogen) atoms. The molecule has 1 aliphatic heterocycles. The second-order valence-corrected chi connectivity index (χ2v) is 6.73. The van der Waals surface area contributed by atoms with Gasteiger partial charge in [-0.2, -0.15) is 0 Å². The van der Waals surface area contributed by atoms with Gasteiger partial charge in [0.1, 0.15) is 0 Å². The first kappa shape index (κ1) is 14.7. The van der Waals surface area contributed by atoms with E-state index in [1.807, 2.05) is 18.7 Å². The second-order valence-electron chi connectivity index (χ2n) is 5.77. The maximum Gasteiger partial charge on any atom is 0.221 e. The van der Waals surface area contributed by atoms with E-state index in [4.69, 9.17) is 0 Å². The van der Waals surface area contributed by atoms with Crippen molar-refractivity contribution in [3.63, 3.8) is 0 Å². The van der Waals surface area contributed by atoms with Crippen LogP contribution >= 0.6 is 11.8 Å². The van der Waals surface area contributed by atoms with Crippen LogP contribution in [0, 0.1) is 5.92 Å². The van der Waals surface area contributed by atoms with Crippen LogP contribution in [0.3, 0.4) is 0 Å². The van der Waals surface area contributed by atoms with Crippen LogP contribution in [0.4, 0.5) is 0 Å². The number of nitrogens with zero attached hydrogens (tertiary/aromatic N) is 1. The number of rotatable bonds is 4. The van der Waals surface area contributed by atoms with Crippen LogP contribution in [0.5, 0.6) is 0 Å². The molecule has 1 saturated carbocycles. The number of aliphatic imine (C=N–C) groups is 1. The lowest BCUT2D eigenvalue weighted by molar-refractivity contribution is -0.120. The standard InChI is InChI=1S/C14H25N3OS/c1-3-15-12(18)6-9-16-13-17-14(10-19-13)7-4-11(2)5-8-14/h11H,3-10H2,1-2H3,(H,15,18)(H,16,17). The Morgan fingerprint density at radius 2 is 2.26 bits per heavy atom. The maximum atomic E-state index is 11.3. The lowest BCUT2D eigenvalue weighted by Gasteiger charge is -2.35. The molecule has 4 nitrogen and oxygen atoms in total. The van der Waals surface area contributed by atoms with E-state index in [1.54, 1.807) is 0 Å². The van der Waals surface area contributed by atoms with Crippen molar-refractivity contribution in [2.75, 3.05) is 18.8 Å². The van der Waals surface area contributed by atoms with Crippen molar-refractivity contribution >= 4 is 22.8 Å². The van der Waals surface area contributed by atoms with Crippen LogP contribution in [0.25, 0.3) is 0 Å². The molecule has 0 aromatic rings. The molecule has 2 N–H and O–H groups in total. The minimum absolute atomic E-state index is 0.0936. The van der Waals surface area contributed by atoms with Gasteiger partial charge in [0.25, 0.3) is 0 Å². The van der Waals surface area contributed by atoms with Gasteiger partial charge in [-0.15, -0.1) is 0 Å². The molecule has 1 heterocycles.